The first kappa shape index (κ1) is 22.6. The molecule has 0 spiro atoms. The van der Waals surface area contributed by atoms with E-state index in [-0.39, 0.29) is 0 Å². The summed E-state index contributed by atoms with van der Waals surface area (Å²) in [5.41, 5.74) is 0. The molecule has 0 aromatic heterocycles. The van der Waals surface area contributed by atoms with Gasteiger partial charge < -0.3 is 14.4 Å². The molecule has 0 amide bonds. The van der Waals surface area contributed by atoms with E-state index in [1.54, 1.807) is 0 Å². The molecule has 0 aromatic rings. The summed E-state index contributed by atoms with van der Waals surface area (Å²) < 4.78 is 0. The van der Waals surface area contributed by atoms with E-state index in [4.69, 9.17) is 14.4 Å². The maximum atomic E-state index is 8.00. The van der Waals surface area contributed by atoms with Crippen LogP contribution in [-0.2, 0) is 27.6 Å². The van der Waals surface area contributed by atoms with Gasteiger partial charge in [-0.15, -0.1) is 0 Å². The van der Waals surface area contributed by atoms with Crippen molar-refractivity contribution in [2.24, 2.45) is 0 Å². The predicted molar refractivity (Wildman–Crippen MR) is 39.2 cm³/mol. The third-order valence-corrected chi connectivity index (χ3v) is 0. The first-order valence-electron chi connectivity index (χ1n) is 1.13. The molecule has 3 nitrogen and oxygen atoms in total. The van der Waals surface area contributed by atoms with Crippen LogP contribution in [0.25, 0.3) is 0 Å². The number of hydrogen-bond acceptors (Lipinski definition) is 3. The summed E-state index contributed by atoms with van der Waals surface area (Å²) in [6, 6.07) is 0. The van der Waals surface area contributed by atoms with Gasteiger partial charge in [-0.1, -0.05) is 0 Å². The Morgan fingerprint density at radius 1 is 0.778 bits per heavy atom. The fourth-order valence-corrected chi connectivity index (χ4v) is 0. The molecule has 6 heteroatoms. The quantitative estimate of drug-likeness (QED) is 0.615. The van der Waals surface area contributed by atoms with E-state index in [9.17, 15) is 0 Å². The van der Waals surface area contributed by atoms with Crippen LogP contribution in [-0.4, -0.2) is 20.4 Å². The Labute approximate surface area is 74.9 Å². The fraction of sp³-hybridized carbons (Fsp3) is 0. The Morgan fingerprint density at radius 2 is 0.778 bits per heavy atom. The topological polar surface area (TPSA) is 51.2 Å². The summed E-state index contributed by atoms with van der Waals surface area (Å²) in [6.45, 7) is 6.00. The van der Waals surface area contributed by atoms with Gasteiger partial charge in [0.1, 0.15) is 20.4 Å². The van der Waals surface area contributed by atoms with Crippen LogP contribution in [0.5, 0.6) is 0 Å². The first-order chi connectivity index (χ1) is 4.41. The van der Waals surface area contributed by atoms with Crippen molar-refractivity contribution in [2.45, 2.75) is 0 Å². The maximum absolute atomic E-state index is 8.00. The molecule has 0 aliphatic carbocycles. The standard InChI is InChI=1S/3CH2O.2BrH.Ru/c3*1-2;;;/h3*1H2;2*1H;/q;;;;;+2/p-2. The zero-order valence-electron chi connectivity index (χ0n) is 4.46. The van der Waals surface area contributed by atoms with Crippen LogP contribution in [0.3, 0.4) is 0 Å². The summed E-state index contributed by atoms with van der Waals surface area (Å²) in [4.78, 5) is 24.0. The molecular weight excluding hydrogens is 345 g/mol. The molecule has 0 saturated heterocycles. The third kappa shape index (κ3) is 1060. The molecule has 0 saturated carbocycles. The van der Waals surface area contributed by atoms with Gasteiger partial charge >= 0.3 is 40.5 Å². The molecular formula is C3H6Br2O3Ru. The van der Waals surface area contributed by atoms with Gasteiger partial charge in [0, 0.05) is 0 Å². The molecule has 0 aliphatic heterocycles. The van der Waals surface area contributed by atoms with Crippen LogP contribution in [0, 0.1) is 0 Å². The van der Waals surface area contributed by atoms with Crippen LogP contribution in [0.15, 0.2) is 0 Å². The van der Waals surface area contributed by atoms with Crippen LogP contribution < -0.4 is 0 Å². The van der Waals surface area contributed by atoms with Crippen molar-refractivity contribution in [1.29, 1.82) is 0 Å². The van der Waals surface area contributed by atoms with E-state index >= 15 is 0 Å². The predicted octanol–water partition coefficient (Wildman–Crippen LogP) is 1.13. The van der Waals surface area contributed by atoms with Crippen LogP contribution in [0.1, 0.15) is 0 Å². The van der Waals surface area contributed by atoms with Crippen molar-refractivity contribution in [3.8, 4) is 0 Å². The molecule has 0 fully saturated rings. The third-order valence-electron chi connectivity index (χ3n) is 0. The Hall–Kier alpha value is 0.593. The molecule has 0 unspecified atom stereocenters. The van der Waals surface area contributed by atoms with Gasteiger partial charge in [-0.2, -0.15) is 0 Å². The van der Waals surface area contributed by atoms with E-state index in [1.807, 2.05) is 20.4 Å². The molecule has 0 bridgehead atoms. The molecule has 0 aromatic carbocycles. The van der Waals surface area contributed by atoms with Crippen molar-refractivity contribution in [3.05, 3.63) is 0 Å². The fourth-order valence-electron chi connectivity index (χ4n) is 0. The van der Waals surface area contributed by atoms with E-state index in [1.165, 1.54) is 0 Å². The van der Waals surface area contributed by atoms with Crippen LogP contribution in [0.4, 0.5) is 0 Å². The molecule has 0 rings (SSSR count). The number of carbonyl (C=O) groups is 3. The molecule has 0 aliphatic rings. The minimum atomic E-state index is 0.335. The molecule has 58 valence electrons. The van der Waals surface area contributed by atoms with Gasteiger partial charge in [0.15, 0.2) is 0 Å². The second-order valence-electron chi connectivity index (χ2n) is 0.0505. The van der Waals surface area contributed by atoms with Gasteiger partial charge in [-0.05, 0) is 0 Å². The molecule has 0 N–H and O–H groups in total. The number of carbonyl (C=O) groups excluding carboxylic acids is 3. The SMILES string of the molecule is C=O.C=O.C=O.[Br][Ru][Br]. The summed E-state index contributed by atoms with van der Waals surface area (Å²) >= 11 is 6.64. The van der Waals surface area contributed by atoms with Crippen molar-refractivity contribution in [1.82, 2.24) is 0 Å². The Balaban J connectivity index is -0.0000000190. The molecule has 9 heavy (non-hydrogen) atoms. The van der Waals surface area contributed by atoms with Gasteiger partial charge in [-0.3, -0.25) is 0 Å². The summed E-state index contributed by atoms with van der Waals surface area (Å²) in [7, 11) is 0. The second-order valence-corrected chi connectivity index (χ2v) is 8.07. The Bertz CT molecular complexity index is 28.3. The van der Waals surface area contributed by atoms with Crippen molar-refractivity contribution in [2.75, 3.05) is 0 Å². The summed E-state index contributed by atoms with van der Waals surface area (Å²) in [5.74, 6) is 0. The minimum absolute atomic E-state index is 0.335. The van der Waals surface area contributed by atoms with Crippen molar-refractivity contribution < 1.29 is 27.6 Å². The summed E-state index contributed by atoms with van der Waals surface area (Å²) in [6.07, 6.45) is 0. The Kier molecular flexibility index (Phi) is 491. The first-order valence-corrected chi connectivity index (χ1v) is 9.08. The number of hydrogen-bond donors (Lipinski definition) is 0. The summed E-state index contributed by atoms with van der Waals surface area (Å²) in [5, 5.41) is 0. The number of halogens is 2. The van der Waals surface area contributed by atoms with E-state index in [2.05, 4.69) is 27.2 Å². The van der Waals surface area contributed by atoms with Crippen LogP contribution >= 0.6 is 27.2 Å². The average molecular weight is 351 g/mol. The molecule has 0 atom stereocenters. The van der Waals surface area contributed by atoms with E-state index < -0.39 is 0 Å². The molecule has 0 heterocycles. The van der Waals surface area contributed by atoms with Gasteiger partial charge in [0.05, 0.1) is 0 Å². The zero-order valence-corrected chi connectivity index (χ0v) is 9.37. The second kappa shape index (κ2) is 195. The Morgan fingerprint density at radius 3 is 0.778 bits per heavy atom. The monoisotopic (exact) mass is 350 g/mol. The van der Waals surface area contributed by atoms with Crippen LogP contribution in [0.2, 0.25) is 0 Å². The van der Waals surface area contributed by atoms with Gasteiger partial charge in [-0.25, -0.2) is 0 Å². The zero-order chi connectivity index (χ0) is 8.71. The van der Waals surface area contributed by atoms with Gasteiger partial charge in [0.25, 0.3) is 0 Å². The number of rotatable bonds is 0. The van der Waals surface area contributed by atoms with Crippen molar-refractivity contribution in [3.63, 3.8) is 0 Å². The normalized spacial score (nSPS) is 3.78. The van der Waals surface area contributed by atoms with Gasteiger partial charge in [0.2, 0.25) is 0 Å². The average Bonchev–Trinajstić information content (AvgIpc) is 2.01. The van der Waals surface area contributed by atoms with E-state index in [0.29, 0.717) is 13.2 Å². The molecule has 0 radical (unpaired) electrons. The van der Waals surface area contributed by atoms with E-state index in [0.717, 1.165) is 0 Å². The van der Waals surface area contributed by atoms with Crippen molar-refractivity contribution >= 4 is 47.6 Å².